The van der Waals surface area contributed by atoms with Gasteiger partial charge < -0.3 is 4.74 Å². The Hall–Kier alpha value is -0.530. The van der Waals surface area contributed by atoms with Crippen molar-refractivity contribution in [3.63, 3.8) is 0 Å². The minimum atomic E-state index is -0.365. The molecule has 0 bridgehead atoms. The van der Waals surface area contributed by atoms with Crippen molar-refractivity contribution < 1.29 is 9.53 Å². The number of carbonyl (C=O) groups excluding carboxylic acids is 1. The van der Waals surface area contributed by atoms with E-state index >= 15 is 0 Å². The van der Waals surface area contributed by atoms with E-state index in [1.54, 1.807) is 6.42 Å². The van der Waals surface area contributed by atoms with E-state index in [-0.39, 0.29) is 11.6 Å². The third-order valence-electron chi connectivity index (χ3n) is 2.03. The maximum atomic E-state index is 11.3. The molecule has 89 valence electrons. The molecule has 1 radical (unpaired) electrons. The molecule has 0 aliphatic rings. The number of carbonyl (C=O) groups is 1. The van der Waals surface area contributed by atoms with Gasteiger partial charge in [-0.05, 0) is 27.2 Å². The van der Waals surface area contributed by atoms with Gasteiger partial charge in [0.2, 0.25) is 0 Å². The summed E-state index contributed by atoms with van der Waals surface area (Å²) in [5.41, 5.74) is -0.365. The lowest BCUT2D eigenvalue weighted by Gasteiger charge is -2.19. The first-order valence-corrected chi connectivity index (χ1v) is 6.02. The van der Waals surface area contributed by atoms with Gasteiger partial charge in [0.15, 0.2) is 0 Å². The zero-order chi connectivity index (χ0) is 11.7. The molecule has 0 heterocycles. The summed E-state index contributed by atoms with van der Waals surface area (Å²) >= 11 is 0. The van der Waals surface area contributed by atoms with Crippen LogP contribution in [0.2, 0.25) is 0 Å². The molecule has 0 saturated heterocycles. The monoisotopic (exact) mass is 213 g/mol. The summed E-state index contributed by atoms with van der Waals surface area (Å²) < 4.78 is 5.17. The Morgan fingerprint density at radius 3 is 2.27 bits per heavy atom. The van der Waals surface area contributed by atoms with Crippen LogP contribution in [0.5, 0.6) is 0 Å². The molecular formula is C13H25O2. The lowest BCUT2D eigenvalue weighted by atomic mass is 10.1. The van der Waals surface area contributed by atoms with Gasteiger partial charge in [0.1, 0.15) is 5.60 Å². The van der Waals surface area contributed by atoms with Gasteiger partial charge >= 0.3 is 5.97 Å². The van der Waals surface area contributed by atoms with Crippen LogP contribution in [0.3, 0.4) is 0 Å². The molecule has 0 aromatic rings. The van der Waals surface area contributed by atoms with Crippen molar-refractivity contribution in [2.45, 2.75) is 71.8 Å². The second-order valence-corrected chi connectivity index (χ2v) is 4.94. The second-order valence-electron chi connectivity index (χ2n) is 4.94. The summed E-state index contributed by atoms with van der Waals surface area (Å²) in [6.45, 7) is 7.87. The quantitative estimate of drug-likeness (QED) is 0.473. The van der Waals surface area contributed by atoms with Crippen LogP contribution in [0.4, 0.5) is 0 Å². The van der Waals surface area contributed by atoms with Gasteiger partial charge in [-0.25, -0.2) is 0 Å². The highest BCUT2D eigenvalue weighted by molar-refractivity contribution is 5.79. The van der Waals surface area contributed by atoms with E-state index in [0.29, 0.717) is 0 Å². The van der Waals surface area contributed by atoms with Gasteiger partial charge in [-0.1, -0.05) is 39.0 Å². The standard InChI is InChI=1S/C13H25O2/c1-5-6-7-8-9-10-11-12(14)15-13(2,3)4/h11H,5-10H2,1-4H3. The van der Waals surface area contributed by atoms with Crippen molar-refractivity contribution in [1.82, 2.24) is 0 Å². The maximum absolute atomic E-state index is 11.3. The molecule has 0 N–H and O–H groups in total. The van der Waals surface area contributed by atoms with Crippen molar-refractivity contribution >= 4 is 5.97 Å². The average Bonchev–Trinajstić information content (AvgIpc) is 2.08. The number of hydrogen-bond donors (Lipinski definition) is 0. The second kappa shape index (κ2) is 7.72. The Morgan fingerprint density at radius 1 is 1.13 bits per heavy atom. The van der Waals surface area contributed by atoms with Crippen molar-refractivity contribution in [2.75, 3.05) is 0 Å². The molecule has 0 atom stereocenters. The summed E-state index contributed by atoms with van der Waals surface area (Å²) in [6, 6.07) is 0. The summed E-state index contributed by atoms with van der Waals surface area (Å²) in [7, 11) is 0. The van der Waals surface area contributed by atoms with Gasteiger partial charge in [-0.15, -0.1) is 0 Å². The third kappa shape index (κ3) is 11.4. The first-order valence-electron chi connectivity index (χ1n) is 6.02. The molecule has 0 saturated carbocycles. The molecule has 0 fully saturated rings. The minimum absolute atomic E-state index is 0.182. The highest BCUT2D eigenvalue weighted by atomic mass is 16.6. The van der Waals surface area contributed by atoms with E-state index in [1.807, 2.05) is 20.8 Å². The van der Waals surface area contributed by atoms with E-state index in [2.05, 4.69) is 6.92 Å². The molecule has 0 aliphatic carbocycles. The molecule has 0 aromatic carbocycles. The first kappa shape index (κ1) is 14.5. The maximum Gasteiger partial charge on any atom is 0.310 e. The summed E-state index contributed by atoms with van der Waals surface area (Å²) in [5.74, 6) is -0.182. The molecule has 0 aliphatic heterocycles. The van der Waals surface area contributed by atoms with Gasteiger partial charge in [-0.3, -0.25) is 4.79 Å². The predicted molar refractivity (Wildman–Crippen MR) is 63.5 cm³/mol. The molecule has 0 rings (SSSR count). The molecule has 0 amide bonds. The zero-order valence-electron chi connectivity index (χ0n) is 10.6. The van der Waals surface area contributed by atoms with Gasteiger partial charge in [0, 0.05) is 0 Å². The molecule has 2 nitrogen and oxygen atoms in total. The van der Waals surface area contributed by atoms with Gasteiger partial charge in [0.05, 0.1) is 6.42 Å². The Labute approximate surface area is 94.4 Å². The van der Waals surface area contributed by atoms with E-state index in [9.17, 15) is 4.79 Å². The number of hydrogen-bond acceptors (Lipinski definition) is 2. The molecular weight excluding hydrogens is 188 g/mol. The fourth-order valence-corrected chi connectivity index (χ4v) is 1.31. The fourth-order valence-electron chi connectivity index (χ4n) is 1.31. The van der Waals surface area contributed by atoms with Crippen LogP contribution in [0.25, 0.3) is 0 Å². The van der Waals surface area contributed by atoms with Crippen molar-refractivity contribution in [2.24, 2.45) is 0 Å². The van der Waals surface area contributed by atoms with Crippen LogP contribution < -0.4 is 0 Å². The largest absolute Gasteiger partial charge is 0.460 e. The van der Waals surface area contributed by atoms with E-state index in [1.165, 1.54) is 25.7 Å². The molecule has 2 heteroatoms. The highest BCUT2D eigenvalue weighted by Crippen LogP contribution is 2.11. The number of unbranched alkanes of at least 4 members (excludes halogenated alkanes) is 5. The van der Waals surface area contributed by atoms with Crippen LogP contribution in [-0.2, 0) is 9.53 Å². The first-order chi connectivity index (χ1) is 6.95. The molecule has 0 unspecified atom stereocenters. The fraction of sp³-hybridized carbons (Fsp3) is 0.846. The topological polar surface area (TPSA) is 26.3 Å². The Morgan fingerprint density at radius 2 is 1.73 bits per heavy atom. The van der Waals surface area contributed by atoms with Crippen LogP contribution in [0, 0.1) is 6.42 Å². The Bertz CT molecular complexity index is 168. The zero-order valence-corrected chi connectivity index (χ0v) is 10.6. The number of esters is 1. The Kier molecular flexibility index (Phi) is 7.45. The van der Waals surface area contributed by atoms with Crippen LogP contribution in [0.1, 0.15) is 66.2 Å². The van der Waals surface area contributed by atoms with E-state index in [0.717, 1.165) is 12.8 Å². The number of rotatable bonds is 7. The van der Waals surface area contributed by atoms with Crippen molar-refractivity contribution in [1.29, 1.82) is 0 Å². The average molecular weight is 213 g/mol. The lowest BCUT2D eigenvalue weighted by molar-refractivity contribution is -0.150. The summed E-state index contributed by atoms with van der Waals surface area (Å²) in [4.78, 5) is 11.3. The number of ether oxygens (including phenoxy) is 1. The normalized spacial score (nSPS) is 11.5. The van der Waals surface area contributed by atoms with Crippen molar-refractivity contribution in [3.05, 3.63) is 6.42 Å². The van der Waals surface area contributed by atoms with Gasteiger partial charge in [-0.2, -0.15) is 0 Å². The Balaban J connectivity index is 3.32. The SMILES string of the molecule is CCCCCCC[CH]C(=O)OC(C)(C)C. The van der Waals surface area contributed by atoms with Crippen LogP contribution >= 0.6 is 0 Å². The molecule has 15 heavy (non-hydrogen) atoms. The predicted octanol–water partition coefficient (Wildman–Crippen LogP) is 3.89. The van der Waals surface area contributed by atoms with Gasteiger partial charge in [0.25, 0.3) is 0 Å². The third-order valence-corrected chi connectivity index (χ3v) is 2.03. The summed E-state index contributed by atoms with van der Waals surface area (Å²) in [6.07, 6.45) is 8.66. The van der Waals surface area contributed by atoms with Crippen molar-refractivity contribution in [3.8, 4) is 0 Å². The summed E-state index contributed by atoms with van der Waals surface area (Å²) in [5, 5.41) is 0. The van der Waals surface area contributed by atoms with E-state index < -0.39 is 0 Å². The smallest absolute Gasteiger partial charge is 0.310 e. The molecule has 0 spiro atoms. The van der Waals surface area contributed by atoms with Crippen LogP contribution in [0.15, 0.2) is 0 Å². The van der Waals surface area contributed by atoms with Crippen LogP contribution in [-0.4, -0.2) is 11.6 Å². The molecule has 0 aromatic heterocycles. The minimum Gasteiger partial charge on any atom is -0.460 e. The lowest BCUT2D eigenvalue weighted by Crippen LogP contribution is -2.23. The highest BCUT2D eigenvalue weighted by Gasteiger charge is 2.15. The van der Waals surface area contributed by atoms with E-state index in [4.69, 9.17) is 4.74 Å².